The van der Waals surface area contributed by atoms with E-state index in [0.29, 0.717) is 17.0 Å². The topological polar surface area (TPSA) is 58.6 Å². The van der Waals surface area contributed by atoms with Gasteiger partial charge in [-0.25, -0.2) is 0 Å². The Kier molecular flexibility index (Phi) is 4.63. The van der Waals surface area contributed by atoms with Crippen molar-refractivity contribution in [3.63, 3.8) is 0 Å². The number of fused-ring (bicyclic) bond motifs is 1. The second kappa shape index (κ2) is 7.25. The van der Waals surface area contributed by atoms with E-state index >= 15 is 0 Å². The molecule has 1 fully saturated rings. The fourth-order valence-corrected chi connectivity index (χ4v) is 3.50. The van der Waals surface area contributed by atoms with Gasteiger partial charge in [-0.1, -0.05) is 48.5 Å². The van der Waals surface area contributed by atoms with Gasteiger partial charge in [0.15, 0.2) is 5.11 Å². The molecule has 2 amide bonds. The predicted octanol–water partition coefficient (Wildman–Crippen LogP) is 3.68. The van der Waals surface area contributed by atoms with Gasteiger partial charge in [0, 0.05) is 5.56 Å². The first kappa shape index (κ1) is 17.9. The first-order chi connectivity index (χ1) is 13.6. The van der Waals surface area contributed by atoms with Crippen molar-refractivity contribution in [1.29, 1.82) is 0 Å². The molecule has 0 radical (unpaired) electrons. The average Bonchev–Trinajstić information content (AvgIpc) is 2.71. The van der Waals surface area contributed by atoms with E-state index in [0.717, 1.165) is 10.8 Å². The van der Waals surface area contributed by atoms with E-state index in [1.54, 1.807) is 37.5 Å². The van der Waals surface area contributed by atoms with Crippen molar-refractivity contribution in [2.45, 2.75) is 0 Å². The zero-order valence-corrected chi connectivity index (χ0v) is 15.8. The number of para-hydroxylation sites is 1. The summed E-state index contributed by atoms with van der Waals surface area (Å²) < 4.78 is 5.47. The van der Waals surface area contributed by atoms with Crippen molar-refractivity contribution in [3.05, 3.63) is 77.9 Å². The highest BCUT2D eigenvalue weighted by atomic mass is 32.1. The van der Waals surface area contributed by atoms with Crippen LogP contribution in [0.5, 0.6) is 5.75 Å². The van der Waals surface area contributed by atoms with Crippen LogP contribution in [0.2, 0.25) is 0 Å². The van der Waals surface area contributed by atoms with Gasteiger partial charge >= 0.3 is 0 Å². The van der Waals surface area contributed by atoms with Crippen LogP contribution in [-0.2, 0) is 9.59 Å². The zero-order chi connectivity index (χ0) is 19.7. The van der Waals surface area contributed by atoms with Gasteiger partial charge in [0.1, 0.15) is 11.3 Å². The summed E-state index contributed by atoms with van der Waals surface area (Å²) in [4.78, 5) is 27.1. The number of nitrogens with zero attached hydrogens (tertiary/aromatic N) is 1. The molecule has 0 unspecified atom stereocenters. The fraction of sp³-hybridized carbons (Fsp3) is 0.0455. The molecule has 3 aromatic rings. The van der Waals surface area contributed by atoms with Gasteiger partial charge in [-0.15, -0.1) is 0 Å². The monoisotopic (exact) mass is 388 g/mol. The number of hydrogen-bond acceptors (Lipinski definition) is 4. The molecule has 0 aliphatic carbocycles. The molecular formula is C22H16N2O3S. The number of rotatable bonds is 3. The Morgan fingerprint density at radius 2 is 1.68 bits per heavy atom. The van der Waals surface area contributed by atoms with E-state index < -0.39 is 11.8 Å². The highest BCUT2D eigenvalue weighted by Crippen LogP contribution is 2.31. The smallest absolute Gasteiger partial charge is 0.270 e. The molecule has 4 rings (SSSR count). The number of carbonyl (C=O) groups is 2. The normalized spacial score (nSPS) is 15.8. The molecule has 0 spiro atoms. The maximum Gasteiger partial charge on any atom is 0.270 e. The number of thiocarbonyl (C=S) groups is 1. The van der Waals surface area contributed by atoms with Gasteiger partial charge in [0.25, 0.3) is 11.8 Å². The van der Waals surface area contributed by atoms with Crippen LogP contribution in [0.25, 0.3) is 16.8 Å². The summed E-state index contributed by atoms with van der Waals surface area (Å²) in [6, 6.07) is 20.5. The van der Waals surface area contributed by atoms with Crippen molar-refractivity contribution in [1.82, 2.24) is 5.32 Å². The second-order valence-corrected chi connectivity index (χ2v) is 6.58. The van der Waals surface area contributed by atoms with E-state index in [4.69, 9.17) is 17.0 Å². The number of carbonyl (C=O) groups excluding carboxylic acids is 2. The lowest BCUT2D eigenvalue weighted by molar-refractivity contribution is -0.122. The number of anilines is 1. The minimum Gasteiger partial charge on any atom is -0.496 e. The van der Waals surface area contributed by atoms with E-state index in [1.807, 2.05) is 42.5 Å². The Morgan fingerprint density at radius 1 is 0.964 bits per heavy atom. The Bertz CT molecular complexity index is 1140. The number of benzene rings is 3. The molecule has 0 aromatic heterocycles. The van der Waals surface area contributed by atoms with Crippen molar-refractivity contribution in [2.24, 2.45) is 0 Å². The van der Waals surface area contributed by atoms with Crippen LogP contribution < -0.4 is 15.0 Å². The number of nitrogens with one attached hydrogen (secondary N) is 1. The van der Waals surface area contributed by atoms with Crippen LogP contribution in [0.3, 0.4) is 0 Å². The summed E-state index contributed by atoms with van der Waals surface area (Å²) in [6.45, 7) is 0. The third-order valence-electron chi connectivity index (χ3n) is 4.56. The Labute approximate surface area is 167 Å². The second-order valence-electron chi connectivity index (χ2n) is 6.20. The van der Waals surface area contributed by atoms with Gasteiger partial charge < -0.3 is 4.74 Å². The lowest BCUT2D eigenvalue weighted by atomic mass is 9.99. The summed E-state index contributed by atoms with van der Waals surface area (Å²) in [7, 11) is 1.56. The highest BCUT2D eigenvalue weighted by molar-refractivity contribution is 7.80. The van der Waals surface area contributed by atoms with E-state index in [2.05, 4.69) is 5.32 Å². The quantitative estimate of drug-likeness (QED) is 0.422. The molecule has 28 heavy (non-hydrogen) atoms. The van der Waals surface area contributed by atoms with Crippen LogP contribution in [0, 0.1) is 0 Å². The predicted molar refractivity (Wildman–Crippen MR) is 113 cm³/mol. The maximum absolute atomic E-state index is 13.2. The minimum atomic E-state index is -0.530. The third kappa shape index (κ3) is 3.04. The van der Waals surface area contributed by atoms with Gasteiger partial charge in [0.05, 0.1) is 12.8 Å². The maximum atomic E-state index is 13.2. The Morgan fingerprint density at radius 3 is 2.43 bits per heavy atom. The lowest BCUT2D eigenvalue weighted by Gasteiger charge is -2.29. The van der Waals surface area contributed by atoms with Gasteiger partial charge in [0.2, 0.25) is 0 Å². The number of amides is 2. The Hall–Kier alpha value is -3.51. The average molecular weight is 388 g/mol. The van der Waals surface area contributed by atoms with Crippen molar-refractivity contribution in [2.75, 3.05) is 12.0 Å². The molecule has 0 bridgehead atoms. The SMILES string of the molecule is COc1ccc2ccccc2c1C=C1C(=O)NC(=S)N(c2ccccc2)C1=O. The number of hydrogen-bond donors (Lipinski definition) is 1. The van der Waals surface area contributed by atoms with Crippen LogP contribution in [0.4, 0.5) is 5.69 Å². The molecule has 0 atom stereocenters. The molecule has 1 N–H and O–H groups in total. The fourth-order valence-electron chi connectivity index (χ4n) is 3.22. The number of methoxy groups -OCH3 is 1. The molecule has 5 nitrogen and oxygen atoms in total. The third-order valence-corrected chi connectivity index (χ3v) is 4.84. The largest absolute Gasteiger partial charge is 0.496 e. The summed E-state index contributed by atoms with van der Waals surface area (Å²) >= 11 is 5.23. The highest BCUT2D eigenvalue weighted by Gasteiger charge is 2.34. The molecule has 1 heterocycles. The minimum absolute atomic E-state index is 0.00731. The van der Waals surface area contributed by atoms with Crippen molar-refractivity contribution in [3.8, 4) is 5.75 Å². The molecule has 138 valence electrons. The first-order valence-electron chi connectivity index (χ1n) is 8.62. The Balaban J connectivity index is 1.87. The molecule has 1 saturated heterocycles. The first-order valence-corrected chi connectivity index (χ1v) is 9.03. The van der Waals surface area contributed by atoms with Gasteiger partial charge in [-0.3, -0.25) is 19.8 Å². The molecule has 1 aliphatic heterocycles. The molecule has 0 saturated carbocycles. The van der Waals surface area contributed by atoms with Crippen LogP contribution in [-0.4, -0.2) is 24.0 Å². The summed E-state index contributed by atoms with van der Waals surface area (Å²) in [6.07, 6.45) is 1.57. The van der Waals surface area contributed by atoms with E-state index in [9.17, 15) is 9.59 Å². The number of ether oxygens (including phenoxy) is 1. The van der Waals surface area contributed by atoms with Crippen molar-refractivity contribution >= 4 is 51.7 Å². The summed E-state index contributed by atoms with van der Waals surface area (Å²) in [5.41, 5.74) is 1.25. The van der Waals surface area contributed by atoms with Gasteiger partial charge in [-0.05, 0) is 47.3 Å². The lowest BCUT2D eigenvalue weighted by Crippen LogP contribution is -2.54. The summed E-state index contributed by atoms with van der Waals surface area (Å²) in [5.74, 6) is -0.432. The van der Waals surface area contributed by atoms with Gasteiger partial charge in [-0.2, -0.15) is 0 Å². The van der Waals surface area contributed by atoms with Crippen molar-refractivity contribution < 1.29 is 14.3 Å². The zero-order valence-electron chi connectivity index (χ0n) is 15.0. The van der Waals surface area contributed by atoms with E-state index in [1.165, 1.54) is 4.90 Å². The van der Waals surface area contributed by atoms with E-state index in [-0.39, 0.29) is 10.7 Å². The van der Waals surface area contributed by atoms with Crippen LogP contribution >= 0.6 is 12.2 Å². The molecule has 3 aromatic carbocycles. The van der Waals surface area contributed by atoms with Crippen LogP contribution in [0.1, 0.15) is 5.56 Å². The molecule has 6 heteroatoms. The molecular weight excluding hydrogens is 372 g/mol. The standard InChI is InChI=1S/C22H16N2O3S/c1-27-19-12-11-14-7-5-6-10-16(14)17(19)13-18-20(25)23-22(28)24(21(18)26)15-8-3-2-4-9-15/h2-13H,1H3,(H,23,25,28). The van der Waals surface area contributed by atoms with Crippen LogP contribution in [0.15, 0.2) is 72.3 Å². The molecule has 1 aliphatic rings. The summed E-state index contributed by atoms with van der Waals surface area (Å²) in [5, 5.41) is 4.53.